The van der Waals surface area contributed by atoms with Crippen LogP contribution in [0.5, 0.6) is 0 Å². The molecule has 1 aliphatic heterocycles. The van der Waals surface area contributed by atoms with Crippen molar-refractivity contribution in [3.8, 4) is 0 Å². The summed E-state index contributed by atoms with van der Waals surface area (Å²) >= 11 is 0. The van der Waals surface area contributed by atoms with E-state index in [-0.39, 0.29) is 5.91 Å². The van der Waals surface area contributed by atoms with Crippen LogP contribution in [0.3, 0.4) is 0 Å². The second-order valence-electron chi connectivity index (χ2n) is 8.88. The Morgan fingerprint density at radius 2 is 1.94 bits per heavy atom. The number of aromatic nitrogens is 2. The van der Waals surface area contributed by atoms with Crippen LogP contribution in [-0.4, -0.2) is 40.4 Å². The van der Waals surface area contributed by atoms with Gasteiger partial charge in [0.25, 0.3) is 5.91 Å². The topological polar surface area (TPSA) is 75.4 Å². The molecule has 1 aliphatic rings. The van der Waals surface area contributed by atoms with E-state index in [0.29, 0.717) is 30.4 Å². The number of nitrogen functional groups attached to an aromatic ring is 1. The molecule has 0 bridgehead atoms. The third kappa shape index (κ3) is 4.79. The van der Waals surface area contributed by atoms with E-state index in [0.717, 1.165) is 35.2 Å². The van der Waals surface area contributed by atoms with Gasteiger partial charge in [0.05, 0.1) is 29.6 Å². The summed E-state index contributed by atoms with van der Waals surface area (Å²) < 4.78 is 0. The van der Waals surface area contributed by atoms with Gasteiger partial charge in [-0.05, 0) is 67.6 Å². The Balaban J connectivity index is 1.56. The van der Waals surface area contributed by atoms with Crippen molar-refractivity contribution in [3.63, 3.8) is 0 Å². The van der Waals surface area contributed by atoms with Crippen LogP contribution in [0.25, 0.3) is 10.9 Å². The predicted molar refractivity (Wildman–Crippen MR) is 126 cm³/mol. The van der Waals surface area contributed by atoms with Gasteiger partial charge < -0.3 is 15.5 Å². The van der Waals surface area contributed by atoms with E-state index >= 15 is 0 Å². The van der Waals surface area contributed by atoms with E-state index in [9.17, 15) is 4.79 Å². The Bertz CT molecular complexity index is 1070. The number of carbonyl (C=O) groups is 1. The third-order valence-electron chi connectivity index (χ3n) is 5.80. The van der Waals surface area contributed by atoms with Gasteiger partial charge in [0.2, 0.25) is 0 Å². The largest absolute Gasteiger partial charge is 0.383 e. The smallest absolute Gasteiger partial charge is 0.254 e. The minimum Gasteiger partial charge on any atom is -0.383 e. The molecule has 162 valence electrons. The normalized spacial score (nSPS) is 13.9. The molecule has 6 heteroatoms. The van der Waals surface area contributed by atoms with Crippen molar-refractivity contribution in [1.29, 1.82) is 0 Å². The molecule has 2 aromatic heterocycles. The zero-order valence-corrected chi connectivity index (χ0v) is 18.6. The highest BCUT2D eigenvalue weighted by Gasteiger charge is 2.19. The van der Waals surface area contributed by atoms with Crippen molar-refractivity contribution < 1.29 is 4.79 Å². The number of hydrogen-bond donors (Lipinski definition) is 1. The van der Waals surface area contributed by atoms with Gasteiger partial charge in [0.1, 0.15) is 5.82 Å². The van der Waals surface area contributed by atoms with Crippen LogP contribution in [-0.2, 0) is 6.54 Å². The fourth-order valence-electron chi connectivity index (χ4n) is 4.14. The number of nitrogens with two attached hydrogens (primary N) is 1. The molecule has 2 N–H and O–H groups in total. The molecule has 0 atom stereocenters. The van der Waals surface area contributed by atoms with E-state index in [1.807, 2.05) is 48.4 Å². The van der Waals surface area contributed by atoms with Crippen molar-refractivity contribution >= 4 is 28.3 Å². The van der Waals surface area contributed by atoms with Gasteiger partial charge in [-0.2, -0.15) is 0 Å². The lowest BCUT2D eigenvalue weighted by Crippen LogP contribution is -2.34. The van der Waals surface area contributed by atoms with Crippen LogP contribution in [0.2, 0.25) is 0 Å². The monoisotopic (exact) mass is 417 g/mol. The van der Waals surface area contributed by atoms with Crippen molar-refractivity contribution in [2.24, 2.45) is 5.92 Å². The average Bonchev–Trinajstić information content (AvgIpc) is 3.28. The number of aryl methyl sites for hydroxylation is 1. The summed E-state index contributed by atoms with van der Waals surface area (Å²) in [7, 11) is 0. The number of fused-ring (bicyclic) bond motifs is 1. The van der Waals surface area contributed by atoms with Gasteiger partial charge >= 0.3 is 0 Å². The van der Waals surface area contributed by atoms with E-state index < -0.39 is 0 Å². The summed E-state index contributed by atoms with van der Waals surface area (Å²) in [5.74, 6) is 0.893. The van der Waals surface area contributed by atoms with Gasteiger partial charge in [-0.3, -0.25) is 9.78 Å². The maximum absolute atomic E-state index is 13.4. The number of benzene rings is 1. The Hall–Kier alpha value is -3.15. The zero-order chi connectivity index (χ0) is 22.0. The molecule has 0 radical (unpaired) electrons. The van der Waals surface area contributed by atoms with Crippen molar-refractivity contribution in [2.45, 2.75) is 40.2 Å². The highest BCUT2D eigenvalue weighted by molar-refractivity contribution is 5.98. The van der Waals surface area contributed by atoms with Crippen LogP contribution in [0.1, 0.15) is 48.3 Å². The highest BCUT2D eigenvalue weighted by Crippen LogP contribution is 2.22. The second-order valence-corrected chi connectivity index (χ2v) is 8.88. The van der Waals surface area contributed by atoms with Crippen molar-refractivity contribution in [2.75, 3.05) is 30.3 Å². The van der Waals surface area contributed by atoms with Crippen LogP contribution in [0.15, 0.2) is 42.6 Å². The first kappa shape index (κ1) is 21.1. The zero-order valence-electron chi connectivity index (χ0n) is 18.6. The maximum Gasteiger partial charge on any atom is 0.254 e. The molecule has 0 spiro atoms. The standard InChI is InChI=1S/C25H31N5O/c1-17(2)15-30(16-21-7-8-22(14-27-21)29-10-4-5-11-29)25(31)19-6-9-23-20(13-19)12-18(3)24(26)28-23/h6-9,12-14,17H,4-5,10-11,15-16H2,1-3H3,(H2,26,28). The number of anilines is 2. The fraction of sp³-hybridized carbons (Fsp3) is 0.400. The lowest BCUT2D eigenvalue weighted by Gasteiger charge is -2.25. The van der Waals surface area contributed by atoms with E-state index in [2.05, 4.69) is 34.8 Å². The van der Waals surface area contributed by atoms with Crippen LogP contribution >= 0.6 is 0 Å². The first-order valence-electron chi connectivity index (χ1n) is 11.1. The minimum absolute atomic E-state index is 0.00972. The third-order valence-corrected chi connectivity index (χ3v) is 5.80. The van der Waals surface area contributed by atoms with Crippen LogP contribution in [0.4, 0.5) is 11.5 Å². The summed E-state index contributed by atoms with van der Waals surface area (Å²) in [6.45, 7) is 9.54. The number of rotatable bonds is 6. The summed E-state index contributed by atoms with van der Waals surface area (Å²) in [6.07, 6.45) is 4.42. The predicted octanol–water partition coefficient (Wildman–Crippen LogP) is 4.42. The molecule has 0 aliphatic carbocycles. The maximum atomic E-state index is 13.4. The van der Waals surface area contributed by atoms with E-state index in [1.54, 1.807) is 0 Å². The summed E-state index contributed by atoms with van der Waals surface area (Å²) in [4.78, 5) is 26.7. The number of hydrogen-bond acceptors (Lipinski definition) is 5. The Labute approximate surface area is 184 Å². The number of amides is 1. The molecule has 3 aromatic rings. The van der Waals surface area contributed by atoms with Crippen LogP contribution in [0, 0.1) is 12.8 Å². The molecule has 1 amide bonds. The lowest BCUT2D eigenvalue weighted by atomic mass is 10.1. The quantitative estimate of drug-likeness (QED) is 0.643. The summed E-state index contributed by atoms with van der Waals surface area (Å²) in [5.41, 5.74) is 10.4. The van der Waals surface area contributed by atoms with Gasteiger partial charge in [-0.25, -0.2) is 4.98 Å². The number of pyridine rings is 2. The summed E-state index contributed by atoms with van der Waals surface area (Å²) in [6, 6.07) is 11.8. The molecule has 0 saturated carbocycles. The van der Waals surface area contributed by atoms with Gasteiger partial charge in [-0.15, -0.1) is 0 Å². The highest BCUT2D eigenvalue weighted by atomic mass is 16.2. The van der Waals surface area contributed by atoms with Crippen molar-refractivity contribution in [3.05, 3.63) is 59.4 Å². The molecular formula is C25H31N5O. The van der Waals surface area contributed by atoms with E-state index in [4.69, 9.17) is 5.73 Å². The Morgan fingerprint density at radius 3 is 2.61 bits per heavy atom. The lowest BCUT2D eigenvalue weighted by molar-refractivity contribution is 0.0720. The molecular weight excluding hydrogens is 386 g/mol. The second kappa shape index (κ2) is 8.92. The first-order valence-corrected chi connectivity index (χ1v) is 11.1. The summed E-state index contributed by atoms with van der Waals surface area (Å²) in [5, 5.41) is 0.926. The fourth-order valence-corrected chi connectivity index (χ4v) is 4.14. The molecule has 0 unspecified atom stereocenters. The Kier molecular flexibility index (Phi) is 6.07. The molecule has 1 saturated heterocycles. The molecule has 31 heavy (non-hydrogen) atoms. The van der Waals surface area contributed by atoms with Crippen molar-refractivity contribution in [1.82, 2.24) is 14.9 Å². The number of carbonyl (C=O) groups excluding carboxylic acids is 1. The average molecular weight is 418 g/mol. The molecule has 4 rings (SSSR count). The van der Waals surface area contributed by atoms with Crippen LogP contribution < -0.4 is 10.6 Å². The molecule has 1 fully saturated rings. The molecule has 3 heterocycles. The molecule has 6 nitrogen and oxygen atoms in total. The van der Waals surface area contributed by atoms with E-state index in [1.165, 1.54) is 18.5 Å². The van der Waals surface area contributed by atoms with Gasteiger partial charge in [0, 0.05) is 30.6 Å². The Morgan fingerprint density at radius 1 is 1.16 bits per heavy atom. The SMILES string of the molecule is Cc1cc2cc(C(=O)N(Cc3ccc(N4CCCC4)cn3)CC(C)C)ccc2nc1N. The first-order chi connectivity index (χ1) is 14.9. The molecule has 1 aromatic carbocycles. The van der Waals surface area contributed by atoms with Gasteiger partial charge in [-0.1, -0.05) is 13.8 Å². The minimum atomic E-state index is 0.00972. The van der Waals surface area contributed by atoms with Gasteiger partial charge in [0.15, 0.2) is 0 Å². The number of nitrogens with zero attached hydrogens (tertiary/aromatic N) is 4.